The summed E-state index contributed by atoms with van der Waals surface area (Å²) in [6, 6.07) is 3.76. The molecule has 0 fully saturated rings. The number of aromatic nitrogens is 1. The third kappa shape index (κ3) is 2.98. The summed E-state index contributed by atoms with van der Waals surface area (Å²) >= 11 is 9.69. The molecular weight excluding hydrogens is 336 g/mol. The fraction of sp³-hybridized carbons (Fsp3) is 0.250. The Hall–Kier alpha value is -1.17. The Bertz CT molecular complexity index is 718. The van der Waals surface area contributed by atoms with Crippen LogP contribution in [0.3, 0.4) is 0 Å². The van der Waals surface area contributed by atoms with Crippen molar-refractivity contribution in [1.82, 2.24) is 10.3 Å². The minimum atomic E-state index is -0.0921. The first-order chi connectivity index (χ1) is 10.7. The Labute approximate surface area is 143 Å². The second-order valence-electron chi connectivity index (χ2n) is 4.90. The van der Waals surface area contributed by atoms with E-state index in [1.54, 1.807) is 29.7 Å². The standard InChI is InChI=1S/C16H15ClN2OS2/c1-2-3-6-18-16(20)10-4-5-11-13(19-9-10)12(17)15-14(11)21-7-8-22-15/h4-5,7-9H,2-3,6H2,1H3,(H,18,20). The highest BCUT2D eigenvalue weighted by atomic mass is 35.5. The third-order valence-electron chi connectivity index (χ3n) is 3.38. The summed E-state index contributed by atoms with van der Waals surface area (Å²) in [6.07, 6.45) is 3.63. The van der Waals surface area contributed by atoms with Gasteiger partial charge in [-0.3, -0.25) is 9.78 Å². The van der Waals surface area contributed by atoms with E-state index < -0.39 is 0 Å². The molecule has 1 N–H and O–H groups in total. The van der Waals surface area contributed by atoms with Crippen molar-refractivity contribution in [2.45, 2.75) is 29.6 Å². The second-order valence-corrected chi connectivity index (χ2v) is 7.11. The van der Waals surface area contributed by atoms with Crippen LogP contribution in [-0.2, 0) is 0 Å². The van der Waals surface area contributed by atoms with Gasteiger partial charge in [0.25, 0.3) is 5.91 Å². The van der Waals surface area contributed by atoms with E-state index in [1.807, 2.05) is 22.9 Å². The lowest BCUT2D eigenvalue weighted by molar-refractivity contribution is 0.0953. The maximum absolute atomic E-state index is 12.1. The van der Waals surface area contributed by atoms with E-state index >= 15 is 0 Å². The van der Waals surface area contributed by atoms with E-state index in [1.165, 1.54) is 0 Å². The summed E-state index contributed by atoms with van der Waals surface area (Å²) in [7, 11) is 0. The van der Waals surface area contributed by atoms with Gasteiger partial charge in [0.05, 0.1) is 16.3 Å². The summed E-state index contributed by atoms with van der Waals surface area (Å²) in [5, 5.41) is 7.63. The molecule has 2 aliphatic heterocycles. The lowest BCUT2D eigenvalue weighted by Gasteiger charge is -2.04. The van der Waals surface area contributed by atoms with Crippen molar-refractivity contribution in [2.75, 3.05) is 6.54 Å². The van der Waals surface area contributed by atoms with Crippen molar-refractivity contribution in [3.8, 4) is 11.3 Å². The number of carbonyl (C=O) groups is 1. The molecule has 0 radical (unpaired) electrons. The number of amides is 1. The first-order valence-corrected chi connectivity index (χ1v) is 9.24. The van der Waals surface area contributed by atoms with Gasteiger partial charge in [-0.2, -0.15) is 0 Å². The number of hydrogen-bond donors (Lipinski definition) is 1. The first-order valence-electron chi connectivity index (χ1n) is 7.10. The van der Waals surface area contributed by atoms with Crippen molar-refractivity contribution in [3.05, 3.63) is 39.7 Å². The normalized spacial score (nSPS) is 13.2. The summed E-state index contributed by atoms with van der Waals surface area (Å²) < 4.78 is 0. The Kier molecular flexibility index (Phi) is 4.96. The largest absolute Gasteiger partial charge is 0.352 e. The number of carbonyl (C=O) groups excluding carboxylic acids is 1. The number of nitrogens with one attached hydrogen (secondary N) is 1. The van der Waals surface area contributed by atoms with Gasteiger partial charge in [-0.1, -0.05) is 54.5 Å². The molecule has 1 amide bonds. The highest BCUT2D eigenvalue weighted by Gasteiger charge is 2.24. The second kappa shape index (κ2) is 6.94. The zero-order chi connectivity index (χ0) is 15.5. The van der Waals surface area contributed by atoms with Gasteiger partial charge in [-0.05, 0) is 23.3 Å². The molecule has 0 saturated carbocycles. The molecule has 1 aliphatic carbocycles. The van der Waals surface area contributed by atoms with Crippen molar-refractivity contribution >= 4 is 41.0 Å². The topological polar surface area (TPSA) is 42.0 Å². The fourth-order valence-electron chi connectivity index (χ4n) is 2.22. The van der Waals surface area contributed by atoms with Gasteiger partial charge in [0.15, 0.2) is 0 Å². The highest BCUT2D eigenvalue weighted by Crippen LogP contribution is 2.51. The molecule has 3 nitrogen and oxygen atoms in total. The predicted octanol–water partition coefficient (Wildman–Crippen LogP) is 5.04. The molecule has 2 heterocycles. The van der Waals surface area contributed by atoms with Crippen molar-refractivity contribution in [3.63, 3.8) is 0 Å². The van der Waals surface area contributed by atoms with Crippen LogP contribution in [0, 0.1) is 0 Å². The van der Waals surface area contributed by atoms with Crippen LogP contribution >= 0.6 is 35.1 Å². The van der Waals surface area contributed by atoms with Crippen LogP contribution in [-0.4, -0.2) is 17.4 Å². The van der Waals surface area contributed by atoms with Gasteiger partial charge in [0, 0.05) is 28.1 Å². The SMILES string of the molecule is CCCCNC(=O)c1ccc2c3c(c(Cl)c-2nc1)SC=CS3. The van der Waals surface area contributed by atoms with Crippen LogP contribution in [0.2, 0.25) is 5.02 Å². The monoisotopic (exact) mass is 350 g/mol. The average molecular weight is 351 g/mol. The summed E-state index contributed by atoms with van der Waals surface area (Å²) in [5.41, 5.74) is 2.30. The molecule has 0 unspecified atom stereocenters. The van der Waals surface area contributed by atoms with Crippen LogP contribution in [0.25, 0.3) is 11.3 Å². The Morgan fingerprint density at radius 1 is 1.27 bits per heavy atom. The molecule has 114 valence electrons. The number of rotatable bonds is 4. The van der Waals surface area contributed by atoms with Gasteiger partial charge in [-0.15, -0.1) is 0 Å². The number of halogens is 1. The maximum Gasteiger partial charge on any atom is 0.252 e. The van der Waals surface area contributed by atoms with Crippen LogP contribution < -0.4 is 5.32 Å². The molecule has 0 atom stereocenters. The van der Waals surface area contributed by atoms with E-state index in [2.05, 4.69) is 17.2 Å². The molecule has 0 spiro atoms. The van der Waals surface area contributed by atoms with E-state index in [0.29, 0.717) is 17.1 Å². The van der Waals surface area contributed by atoms with Crippen LogP contribution in [0.15, 0.2) is 38.9 Å². The molecular formula is C16H15ClN2OS2. The number of unbranched alkanes of at least 4 members (excludes halogenated alkanes) is 1. The lowest BCUT2D eigenvalue weighted by atomic mass is 10.2. The number of nitrogens with zero attached hydrogens (tertiary/aromatic N) is 1. The Morgan fingerprint density at radius 3 is 2.82 bits per heavy atom. The fourth-order valence-corrected chi connectivity index (χ4v) is 4.57. The molecule has 22 heavy (non-hydrogen) atoms. The molecule has 0 bridgehead atoms. The third-order valence-corrected chi connectivity index (χ3v) is 6.01. The summed E-state index contributed by atoms with van der Waals surface area (Å²) in [6.45, 7) is 2.78. The van der Waals surface area contributed by atoms with Gasteiger partial charge < -0.3 is 5.32 Å². The molecule has 0 aromatic heterocycles. The van der Waals surface area contributed by atoms with Gasteiger partial charge in [-0.25, -0.2) is 0 Å². The molecule has 0 aromatic carbocycles. The average Bonchev–Trinajstić information content (AvgIpc) is 2.69. The summed E-state index contributed by atoms with van der Waals surface area (Å²) in [4.78, 5) is 18.8. The van der Waals surface area contributed by atoms with E-state index in [9.17, 15) is 4.79 Å². The van der Waals surface area contributed by atoms with Gasteiger partial charge in [0.1, 0.15) is 0 Å². The van der Waals surface area contributed by atoms with Crippen LogP contribution in [0.1, 0.15) is 30.1 Å². The molecule has 0 aromatic rings. The van der Waals surface area contributed by atoms with Crippen molar-refractivity contribution in [2.24, 2.45) is 0 Å². The minimum Gasteiger partial charge on any atom is -0.352 e. The Balaban J connectivity index is 1.94. The highest BCUT2D eigenvalue weighted by molar-refractivity contribution is 8.08. The zero-order valence-electron chi connectivity index (χ0n) is 12.1. The van der Waals surface area contributed by atoms with Crippen LogP contribution in [0.4, 0.5) is 0 Å². The van der Waals surface area contributed by atoms with E-state index in [-0.39, 0.29) is 5.91 Å². The predicted molar refractivity (Wildman–Crippen MR) is 94.0 cm³/mol. The molecule has 0 saturated heterocycles. The van der Waals surface area contributed by atoms with E-state index in [4.69, 9.17) is 11.6 Å². The van der Waals surface area contributed by atoms with Gasteiger partial charge >= 0.3 is 0 Å². The molecule has 6 heteroatoms. The lowest BCUT2D eigenvalue weighted by Crippen LogP contribution is -2.24. The maximum atomic E-state index is 12.1. The molecule has 3 rings (SSSR count). The van der Waals surface area contributed by atoms with Crippen molar-refractivity contribution < 1.29 is 4.79 Å². The van der Waals surface area contributed by atoms with Crippen LogP contribution in [0.5, 0.6) is 0 Å². The number of fused-ring (bicyclic) bond motifs is 3. The Morgan fingerprint density at radius 2 is 2.05 bits per heavy atom. The smallest absolute Gasteiger partial charge is 0.252 e. The minimum absolute atomic E-state index is 0.0921. The number of hydrogen-bond acceptors (Lipinski definition) is 4. The first kappa shape index (κ1) is 15.7. The summed E-state index contributed by atoms with van der Waals surface area (Å²) in [5.74, 6) is -0.0921. The van der Waals surface area contributed by atoms with Gasteiger partial charge in [0.2, 0.25) is 0 Å². The molecule has 3 aliphatic rings. The van der Waals surface area contributed by atoms with Crippen molar-refractivity contribution in [1.29, 1.82) is 0 Å². The zero-order valence-corrected chi connectivity index (χ0v) is 14.4. The van der Waals surface area contributed by atoms with E-state index in [0.717, 1.165) is 33.9 Å². The quantitative estimate of drug-likeness (QED) is 0.784. The number of thioether (sulfide) groups is 2.